The van der Waals surface area contributed by atoms with Gasteiger partial charge in [0.1, 0.15) is 4.88 Å². The molecule has 11 heavy (non-hydrogen) atoms. The smallest absolute Gasteiger partial charge is 0.346 e. The summed E-state index contributed by atoms with van der Waals surface area (Å²) in [4.78, 5) is 11.0. The second kappa shape index (κ2) is 3.34. The van der Waals surface area contributed by atoms with E-state index in [1.54, 1.807) is 11.5 Å². The highest BCUT2D eigenvalue weighted by Crippen LogP contribution is 2.17. The van der Waals surface area contributed by atoms with Crippen LogP contribution in [0.2, 0.25) is 0 Å². The van der Waals surface area contributed by atoms with Crippen LogP contribution in [0.5, 0.6) is 0 Å². The largest absolute Gasteiger partial charge is 0.477 e. The van der Waals surface area contributed by atoms with Crippen molar-refractivity contribution in [3.05, 3.63) is 34.5 Å². The number of aromatic carboxylic acids is 1. The maximum atomic E-state index is 10.5. The molecule has 0 aliphatic carbocycles. The third-order valence-corrected chi connectivity index (χ3v) is 2.25. The minimum atomic E-state index is -0.850. The summed E-state index contributed by atoms with van der Waals surface area (Å²) in [7, 11) is 0. The van der Waals surface area contributed by atoms with Crippen molar-refractivity contribution in [3.8, 4) is 0 Å². The summed E-state index contributed by atoms with van der Waals surface area (Å²) in [6.07, 6.45) is 2.33. The fourth-order valence-corrected chi connectivity index (χ4v) is 1.61. The molecule has 2 nitrogen and oxygen atoms in total. The maximum Gasteiger partial charge on any atom is 0.346 e. The molecule has 1 heterocycles. The number of allylic oxidation sites excluding steroid dienone is 1. The zero-order valence-corrected chi connectivity index (χ0v) is 6.73. The van der Waals surface area contributed by atoms with Crippen LogP contribution >= 0.6 is 11.3 Å². The van der Waals surface area contributed by atoms with E-state index in [-0.39, 0.29) is 0 Å². The van der Waals surface area contributed by atoms with Crippen molar-refractivity contribution < 1.29 is 9.90 Å². The average molecular weight is 168 g/mol. The van der Waals surface area contributed by atoms with Crippen molar-refractivity contribution in [2.45, 2.75) is 6.42 Å². The van der Waals surface area contributed by atoms with Gasteiger partial charge in [0.25, 0.3) is 0 Å². The van der Waals surface area contributed by atoms with Crippen LogP contribution in [-0.4, -0.2) is 11.1 Å². The van der Waals surface area contributed by atoms with E-state index in [1.807, 2.05) is 6.07 Å². The molecule has 0 unspecified atom stereocenters. The summed E-state index contributed by atoms with van der Waals surface area (Å²) in [5.41, 5.74) is 0.845. The predicted molar refractivity (Wildman–Crippen MR) is 45.2 cm³/mol. The van der Waals surface area contributed by atoms with Crippen molar-refractivity contribution in [2.75, 3.05) is 0 Å². The van der Waals surface area contributed by atoms with Gasteiger partial charge in [0.2, 0.25) is 0 Å². The third-order valence-electron chi connectivity index (χ3n) is 1.31. The molecule has 1 aromatic heterocycles. The van der Waals surface area contributed by atoms with Gasteiger partial charge in [0, 0.05) is 0 Å². The first-order valence-electron chi connectivity index (χ1n) is 3.16. The zero-order valence-electron chi connectivity index (χ0n) is 5.91. The van der Waals surface area contributed by atoms with Gasteiger partial charge in [-0.3, -0.25) is 0 Å². The van der Waals surface area contributed by atoms with Crippen LogP contribution in [-0.2, 0) is 6.42 Å². The van der Waals surface area contributed by atoms with E-state index in [4.69, 9.17) is 5.11 Å². The van der Waals surface area contributed by atoms with Gasteiger partial charge >= 0.3 is 5.97 Å². The van der Waals surface area contributed by atoms with Gasteiger partial charge in [0.15, 0.2) is 0 Å². The molecule has 0 radical (unpaired) electrons. The van der Waals surface area contributed by atoms with E-state index in [2.05, 4.69) is 6.58 Å². The van der Waals surface area contributed by atoms with E-state index in [1.165, 1.54) is 11.3 Å². The quantitative estimate of drug-likeness (QED) is 0.702. The van der Waals surface area contributed by atoms with Crippen molar-refractivity contribution in [1.82, 2.24) is 0 Å². The average Bonchev–Trinajstić information content (AvgIpc) is 2.36. The molecule has 1 N–H and O–H groups in total. The summed E-state index contributed by atoms with van der Waals surface area (Å²) in [6, 6.07) is 1.82. The summed E-state index contributed by atoms with van der Waals surface area (Å²) >= 11 is 1.25. The summed E-state index contributed by atoms with van der Waals surface area (Å²) in [5.74, 6) is -0.850. The summed E-state index contributed by atoms with van der Waals surface area (Å²) in [5, 5.41) is 10.4. The fraction of sp³-hybridized carbons (Fsp3) is 0.125. The number of carboxylic acids is 1. The molecular weight excluding hydrogens is 160 g/mol. The van der Waals surface area contributed by atoms with E-state index in [0.717, 1.165) is 5.56 Å². The lowest BCUT2D eigenvalue weighted by Gasteiger charge is -1.92. The van der Waals surface area contributed by atoms with Crippen LogP contribution in [0, 0.1) is 0 Å². The van der Waals surface area contributed by atoms with E-state index >= 15 is 0 Å². The standard InChI is InChI=1S/C8H8O2S/c1-2-3-6-4-5-11-7(6)8(9)10/h2,4-5H,1,3H2,(H,9,10). The predicted octanol–water partition coefficient (Wildman–Crippen LogP) is 2.17. The molecule has 0 aliphatic heterocycles. The molecule has 0 fully saturated rings. The Morgan fingerprint density at radius 1 is 1.82 bits per heavy atom. The van der Waals surface area contributed by atoms with Gasteiger partial charge in [-0.1, -0.05) is 6.08 Å². The van der Waals surface area contributed by atoms with Crippen LogP contribution < -0.4 is 0 Å². The van der Waals surface area contributed by atoms with Gasteiger partial charge < -0.3 is 5.11 Å². The van der Waals surface area contributed by atoms with E-state index < -0.39 is 5.97 Å². The molecule has 58 valence electrons. The topological polar surface area (TPSA) is 37.3 Å². The molecule has 0 spiro atoms. The molecule has 1 aromatic rings. The van der Waals surface area contributed by atoms with Crippen molar-refractivity contribution in [2.24, 2.45) is 0 Å². The molecule has 0 saturated carbocycles. The Bertz CT molecular complexity index is 275. The molecule has 0 saturated heterocycles. The first kappa shape index (κ1) is 8.01. The lowest BCUT2D eigenvalue weighted by molar-refractivity contribution is 0.0701. The Labute approximate surface area is 68.8 Å². The van der Waals surface area contributed by atoms with E-state index in [0.29, 0.717) is 11.3 Å². The van der Waals surface area contributed by atoms with Gasteiger partial charge in [-0.05, 0) is 23.4 Å². The molecule has 0 aromatic carbocycles. The van der Waals surface area contributed by atoms with Crippen LogP contribution in [0.25, 0.3) is 0 Å². The lowest BCUT2D eigenvalue weighted by Crippen LogP contribution is -1.95. The Kier molecular flexibility index (Phi) is 2.44. The number of carboxylic acid groups (broad SMARTS) is 1. The summed E-state index contributed by atoms with van der Waals surface area (Å²) in [6.45, 7) is 3.55. The van der Waals surface area contributed by atoms with Gasteiger partial charge in [0.05, 0.1) is 0 Å². The summed E-state index contributed by atoms with van der Waals surface area (Å²) < 4.78 is 0. The SMILES string of the molecule is C=CCc1ccsc1C(=O)O. The minimum absolute atomic E-state index is 0.421. The van der Waals surface area contributed by atoms with Crippen molar-refractivity contribution >= 4 is 17.3 Å². The first-order chi connectivity index (χ1) is 5.25. The Balaban J connectivity index is 2.95. The second-order valence-corrected chi connectivity index (χ2v) is 2.99. The molecule has 0 aliphatic rings. The fourth-order valence-electron chi connectivity index (χ4n) is 0.840. The number of thiophene rings is 1. The Morgan fingerprint density at radius 3 is 3.09 bits per heavy atom. The second-order valence-electron chi connectivity index (χ2n) is 2.07. The Morgan fingerprint density at radius 2 is 2.55 bits per heavy atom. The molecule has 3 heteroatoms. The van der Waals surface area contributed by atoms with Gasteiger partial charge in [-0.15, -0.1) is 17.9 Å². The van der Waals surface area contributed by atoms with Crippen molar-refractivity contribution in [1.29, 1.82) is 0 Å². The highest BCUT2D eigenvalue weighted by Gasteiger charge is 2.09. The third kappa shape index (κ3) is 1.68. The molecule has 0 bridgehead atoms. The highest BCUT2D eigenvalue weighted by molar-refractivity contribution is 7.12. The monoisotopic (exact) mass is 168 g/mol. The minimum Gasteiger partial charge on any atom is -0.477 e. The number of carbonyl (C=O) groups is 1. The van der Waals surface area contributed by atoms with Crippen LogP contribution in [0.1, 0.15) is 15.2 Å². The van der Waals surface area contributed by atoms with Crippen LogP contribution in [0.15, 0.2) is 24.1 Å². The highest BCUT2D eigenvalue weighted by atomic mass is 32.1. The number of hydrogen-bond acceptors (Lipinski definition) is 2. The molecular formula is C8H8O2S. The lowest BCUT2D eigenvalue weighted by atomic mass is 10.2. The first-order valence-corrected chi connectivity index (χ1v) is 4.04. The molecule has 0 atom stereocenters. The normalized spacial score (nSPS) is 9.45. The maximum absolute atomic E-state index is 10.5. The Hall–Kier alpha value is -1.09. The van der Waals surface area contributed by atoms with Crippen LogP contribution in [0.4, 0.5) is 0 Å². The van der Waals surface area contributed by atoms with E-state index in [9.17, 15) is 4.79 Å². The number of hydrogen-bond donors (Lipinski definition) is 1. The van der Waals surface area contributed by atoms with Crippen molar-refractivity contribution in [3.63, 3.8) is 0 Å². The van der Waals surface area contributed by atoms with Crippen LogP contribution in [0.3, 0.4) is 0 Å². The zero-order chi connectivity index (χ0) is 8.27. The molecule has 1 rings (SSSR count). The number of rotatable bonds is 3. The van der Waals surface area contributed by atoms with Gasteiger partial charge in [-0.2, -0.15) is 0 Å². The molecule has 0 amide bonds. The van der Waals surface area contributed by atoms with Gasteiger partial charge in [-0.25, -0.2) is 4.79 Å².